The molecule has 2 aliphatic rings. The Bertz CT molecular complexity index is 739. The van der Waals surface area contributed by atoms with Crippen LogP contribution in [0.3, 0.4) is 0 Å². The molecule has 0 atom stereocenters. The van der Waals surface area contributed by atoms with E-state index >= 15 is 0 Å². The van der Waals surface area contributed by atoms with E-state index in [9.17, 15) is 4.79 Å². The van der Waals surface area contributed by atoms with Crippen LogP contribution < -0.4 is 0 Å². The normalized spacial score (nSPS) is 26.7. The molecule has 1 aromatic carbocycles. The van der Waals surface area contributed by atoms with Gasteiger partial charge in [-0.1, -0.05) is 6.07 Å². The summed E-state index contributed by atoms with van der Waals surface area (Å²) < 4.78 is 5.70. The molecule has 0 amide bonds. The summed E-state index contributed by atoms with van der Waals surface area (Å²) in [4.78, 5) is 18.2. The summed E-state index contributed by atoms with van der Waals surface area (Å²) >= 11 is 0. The van der Waals surface area contributed by atoms with Gasteiger partial charge in [0.05, 0.1) is 12.2 Å². The van der Waals surface area contributed by atoms with Crippen LogP contribution in [0.25, 0.3) is 10.9 Å². The van der Waals surface area contributed by atoms with Crippen molar-refractivity contribution in [2.75, 3.05) is 26.2 Å². The Balaban J connectivity index is 1.56. The Morgan fingerprint density at radius 1 is 1.32 bits per heavy atom. The molecule has 0 radical (unpaired) electrons. The molecule has 22 heavy (non-hydrogen) atoms. The number of rotatable bonds is 3. The number of ether oxygens (including phenoxy) is 1. The highest BCUT2D eigenvalue weighted by atomic mass is 16.5. The summed E-state index contributed by atoms with van der Waals surface area (Å²) in [5.41, 5.74) is 4.21. The highest BCUT2D eigenvalue weighted by Crippen LogP contribution is 2.40. The number of carbonyl (C=O) groups excluding carboxylic acids is 1. The van der Waals surface area contributed by atoms with E-state index in [0.29, 0.717) is 12.2 Å². The van der Waals surface area contributed by atoms with Crippen LogP contribution in [0.4, 0.5) is 0 Å². The fourth-order valence-corrected chi connectivity index (χ4v) is 4.13. The van der Waals surface area contributed by atoms with Crippen LogP contribution in [0.2, 0.25) is 0 Å². The van der Waals surface area contributed by atoms with E-state index in [0.717, 1.165) is 48.9 Å². The number of aryl methyl sites for hydroxylation is 2. The van der Waals surface area contributed by atoms with E-state index in [4.69, 9.17) is 4.74 Å². The lowest BCUT2D eigenvalue weighted by Crippen LogP contribution is -2.27. The molecule has 2 saturated heterocycles. The van der Waals surface area contributed by atoms with Gasteiger partial charge in [0.1, 0.15) is 0 Å². The summed E-state index contributed by atoms with van der Waals surface area (Å²) in [6.45, 7) is 8.07. The lowest BCUT2D eigenvalue weighted by molar-refractivity contribution is 0.0326. The highest BCUT2D eigenvalue weighted by molar-refractivity contribution is 6.05. The van der Waals surface area contributed by atoms with Crippen LogP contribution in [0.15, 0.2) is 18.3 Å². The molecule has 0 unspecified atom stereocenters. The van der Waals surface area contributed by atoms with Gasteiger partial charge in [-0.25, -0.2) is 4.79 Å². The third-order valence-corrected chi connectivity index (χ3v) is 5.33. The molecule has 2 aliphatic heterocycles. The second-order valence-electron chi connectivity index (χ2n) is 7.06. The zero-order valence-electron chi connectivity index (χ0n) is 13.2. The fourth-order valence-electron chi connectivity index (χ4n) is 4.13. The third kappa shape index (κ3) is 2.13. The summed E-state index contributed by atoms with van der Waals surface area (Å²) in [5.74, 6) is -0.196. The molecule has 2 aromatic rings. The van der Waals surface area contributed by atoms with Gasteiger partial charge in [0.25, 0.3) is 0 Å². The van der Waals surface area contributed by atoms with Crippen LogP contribution in [0.1, 0.15) is 34.3 Å². The molecule has 0 saturated carbocycles. The minimum Gasteiger partial charge on any atom is -0.461 e. The van der Waals surface area contributed by atoms with Crippen molar-refractivity contribution in [3.63, 3.8) is 0 Å². The van der Waals surface area contributed by atoms with Crippen molar-refractivity contribution in [3.05, 3.63) is 35.0 Å². The van der Waals surface area contributed by atoms with Gasteiger partial charge in [0.15, 0.2) is 0 Å². The van der Waals surface area contributed by atoms with E-state index in [1.54, 1.807) is 6.20 Å². The molecule has 1 N–H and O–H groups in total. The molecule has 2 bridgehead atoms. The van der Waals surface area contributed by atoms with Crippen molar-refractivity contribution in [1.82, 2.24) is 9.88 Å². The first-order valence-electron chi connectivity index (χ1n) is 8.04. The van der Waals surface area contributed by atoms with Crippen LogP contribution in [-0.2, 0) is 4.74 Å². The number of hydrogen-bond acceptors (Lipinski definition) is 3. The summed E-state index contributed by atoms with van der Waals surface area (Å²) in [7, 11) is 0. The monoisotopic (exact) mass is 298 g/mol. The van der Waals surface area contributed by atoms with Crippen molar-refractivity contribution in [3.8, 4) is 0 Å². The number of H-pyrrole nitrogens is 1. The van der Waals surface area contributed by atoms with Crippen molar-refractivity contribution < 1.29 is 9.53 Å². The Kier molecular flexibility index (Phi) is 3.05. The number of aromatic nitrogens is 1. The lowest BCUT2D eigenvalue weighted by atomic mass is 9.86. The maximum absolute atomic E-state index is 12.5. The quantitative estimate of drug-likeness (QED) is 0.886. The molecule has 4 nitrogen and oxygen atoms in total. The number of aromatic amines is 1. The largest absolute Gasteiger partial charge is 0.461 e. The van der Waals surface area contributed by atoms with E-state index in [1.165, 1.54) is 5.56 Å². The zero-order valence-corrected chi connectivity index (χ0v) is 13.2. The minimum atomic E-state index is -0.196. The Hall–Kier alpha value is -1.81. The van der Waals surface area contributed by atoms with Gasteiger partial charge in [0.2, 0.25) is 0 Å². The number of esters is 1. The van der Waals surface area contributed by atoms with Crippen molar-refractivity contribution in [2.24, 2.45) is 5.41 Å². The van der Waals surface area contributed by atoms with Crippen LogP contribution in [0.5, 0.6) is 0 Å². The topological polar surface area (TPSA) is 45.3 Å². The fraction of sp³-hybridized carbons (Fsp3) is 0.500. The molecule has 0 spiro atoms. The Morgan fingerprint density at radius 3 is 2.77 bits per heavy atom. The molecule has 2 fully saturated rings. The van der Waals surface area contributed by atoms with Crippen LogP contribution in [0, 0.1) is 19.3 Å². The summed E-state index contributed by atoms with van der Waals surface area (Å²) in [5, 5.41) is 0.993. The number of benzene rings is 1. The maximum atomic E-state index is 12.5. The van der Waals surface area contributed by atoms with Gasteiger partial charge >= 0.3 is 5.97 Å². The van der Waals surface area contributed by atoms with E-state index in [1.807, 2.05) is 6.92 Å². The van der Waals surface area contributed by atoms with E-state index < -0.39 is 0 Å². The average molecular weight is 298 g/mol. The second-order valence-corrected chi connectivity index (χ2v) is 7.06. The Labute approximate surface area is 130 Å². The van der Waals surface area contributed by atoms with Gasteiger partial charge in [-0.15, -0.1) is 0 Å². The molecule has 0 aliphatic carbocycles. The number of carbonyl (C=O) groups is 1. The van der Waals surface area contributed by atoms with Gasteiger partial charge in [-0.2, -0.15) is 0 Å². The molecule has 1 aromatic heterocycles. The smallest absolute Gasteiger partial charge is 0.340 e. The number of piperidine rings is 1. The summed E-state index contributed by atoms with van der Waals surface area (Å²) in [6, 6.07) is 4.18. The van der Waals surface area contributed by atoms with Crippen LogP contribution in [-0.4, -0.2) is 42.1 Å². The maximum Gasteiger partial charge on any atom is 0.340 e. The molecule has 116 valence electrons. The molecule has 4 rings (SSSR count). The SMILES string of the molecule is Cc1cc(C)c2c(C(=O)OCC34CCN(CC3)C4)c[nH]c2c1. The number of nitrogens with one attached hydrogen (secondary N) is 1. The van der Waals surface area contributed by atoms with Gasteiger partial charge in [-0.05, 0) is 57.0 Å². The minimum absolute atomic E-state index is 0.196. The third-order valence-electron chi connectivity index (χ3n) is 5.33. The van der Waals surface area contributed by atoms with E-state index in [-0.39, 0.29) is 11.4 Å². The molecule has 3 heterocycles. The van der Waals surface area contributed by atoms with Gasteiger partial charge in [-0.3, -0.25) is 0 Å². The Morgan fingerprint density at radius 2 is 2.09 bits per heavy atom. The second kappa shape index (κ2) is 4.85. The van der Waals surface area contributed by atoms with Gasteiger partial charge < -0.3 is 14.6 Å². The molecular weight excluding hydrogens is 276 g/mol. The van der Waals surface area contributed by atoms with Gasteiger partial charge in [0, 0.05) is 29.1 Å². The van der Waals surface area contributed by atoms with Crippen LogP contribution >= 0.6 is 0 Å². The molecular formula is C18H22N2O2. The van der Waals surface area contributed by atoms with Crippen molar-refractivity contribution in [1.29, 1.82) is 0 Å². The number of nitrogens with zero attached hydrogens (tertiary/aromatic N) is 1. The first-order valence-corrected chi connectivity index (χ1v) is 8.04. The highest BCUT2D eigenvalue weighted by Gasteiger charge is 2.44. The number of hydrogen-bond donors (Lipinski definition) is 1. The van der Waals surface area contributed by atoms with Crippen molar-refractivity contribution in [2.45, 2.75) is 26.7 Å². The average Bonchev–Trinajstić information content (AvgIpc) is 3.18. The van der Waals surface area contributed by atoms with Crippen molar-refractivity contribution >= 4 is 16.9 Å². The summed E-state index contributed by atoms with van der Waals surface area (Å²) in [6.07, 6.45) is 4.10. The number of fused-ring (bicyclic) bond motifs is 3. The molecule has 4 heteroatoms. The zero-order chi connectivity index (χ0) is 15.3. The first kappa shape index (κ1) is 13.8. The van der Waals surface area contributed by atoms with E-state index in [2.05, 4.69) is 28.9 Å². The predicted molar refractivity (Wildman–Crippen MR) is 86.2 cm³/mol. The lowest BCUT2D eigenvalue weighted by Gasteiger charge is -2.24. The first-order chi connectivity index (χ1) is 10.6. The standard InChI is InChI=1S/C18H22N2O2/c1-12-7-13(2)16-14(9-19-15(16)8-12)17(21)22-11-18-3-5-20(10-18)6-4-18/h7-9,19H,3-6,10-11H2,1-2H3. The predicted octanol–water partition coefficient (Wildman–Crippen LogP) is 3.04.